The summed E-state index contributed by atoms with van der Waals surface area (Å²) < 4.78 is 0. The molecule has 0 aliphatic heterocycles. The van der Waals surface area contributed by atoms with E-state index in [1.54, 1.807) is 0 Å². The summed E-state index contributed by atoms with van der Waals surface area (Å²) >= 11 is 0. The van der Waals surface area contributed by atoms with Crippen molar-refractivity contribution in [3.63, 3.8) is 0 Å². The lowest BCUT2D eigenvalue weighted by Gasteiger charge is -2.17. The summed E-state index contributed by atoms with van der Waals surface area (Å²) in [5.41, 5.74) is 5.59. The molecule has 3 nitrogen and oxygen atoms in total. The van der Waals surface area contributed by atoms with Crippen LogP contribution in [0.4, 0.5) is 0 Å². The van der Waals surface area contributed by atoms with Crippen LogP contribution in [0.5, 0.6) is 0 Å². The molecule has 0 aromatic heterocycles. The van der Waals surface area contributed by atoms with Crippen LogP contribution in [0.2, 0.25) is 0 Å². The normalized spacial score (nSPS) is 20.0. The molecule has 0 spiro atoms. The van der Waals surface area contributed by atoms with Crippen LogP contribution in [0.15, 0.2) is 0 Å². The second-order valence-electron chi connectivity index (χ2n) is 3.94. The molecule has 1 aliphatic carbocycles. The van der Waals surface area contributed by atoms with Gasteiger partial charge >= 0.3 is 0 Å². The van der Waals surface area contributed by atoms with Crippen molar-refractivity contribution in [3.8, 4) is 0 Å². The van der Waals surface area contributed by atoms with E-state index in [1.165, 1.54) is 19.4 Å². The summed E-state index contributed by atoms with van der Waals surface area (Å²) in [5.74, 6) is 0.945. The van der Waals surface area contributed by atoms with Gasteiger partial charge in [-0.3, -0.25) is 0 Å². The van der Waals surface area contributed by atoms with Gasteiger partial charge in [-0.05, 0) is 38.8 Å². The molecule has 1 aliphatic rings. The van der Waals surface area contributed by atoms with Crippen LogP contribution in [-0.2, 0) is 0 Å². The summed E-state index contributed by atoms with van der Waals surface area (Å²) in [6, 6.07) is -0.0355. The maximum absolute atomic E-state index is 8.70. The highest BCUT2D eigenvalue weighted by atomic mass is 16.3. The molecule has 0 radical (unpaired) electrons. The fourth-order valence-electron chi connectivity index (χ4n) is 1.31. The van der Waals surface area contributed by atoms with Gasteiger partial charge in [0, 0.05) is 12.6 Å². The Balaban J connectivity index is 1.96. The Bertz CT molecular complexity index is 126. The van der Waals surface area contributed by atoms with Crippen molar-refractivity contribution in [1.29, 1.82) is 0 Å². The zero-order valence-corrected chi connectivity index (χ0v) is 7.87. The zero-order valence-electron chi connectivity index (χ0n) is 7.87. The van der Waals surface area contributed by atoms with Crippen molar-refractivity contribution in [1.82, 2.24) is 4.90 Å². The monoisotopic (exact) mass is 172 g/mol. The lowest BCUT2D eigenvalue weighted by molar-refractivity contribution is 0.237. The van der Waals surface area contributed by atoms with Crippen molar-refractivity contribution in [2.45, 2.75) is 25.3 Å². The van der Waals surface area contributed by atoms with Gasteiger partial charge in [-0.25, -0.2) is 0 Å². The molecule has 0 amide bonds. The van der Waals surface area contributed by atoms with Crippen LogP contribution in [0.1, 0.15) is 19.3 Å². The maximum atomic E-state index is 8.70. The van der Waals surface area contributed by atoms with Gasteiger partial charge < -0.3 is 15.7 Å². The Morgan fingerprint density at radius 2 is 2.25 bits per heavy atom. The van der Waals surface area contributed by atoms with Gasteiger partial charge in [-0.2, -0.15) is 0 Å². The van der Waals surface area contributed by atoms with Crippen LogP contribution >= 0.6 is 0 Å². The van der Waals surface area contributed by atoms with Crippen molar-refractivity contribution < 1.29 is 5.11 Å². The zero-order chi connectivity index (χ0) is 8.97. The third kappa shape index (κ3) is 4.04. The highest BCUT2D eigenvalue weighted by molar-refractivity contribution is 4.76. The van der Waals surface area contributed by atoms with E-state index in [0.29, 0.717) is 0 Å². The molecule has 1 unspecified atom stereocenters. The van der Waals surface area contributed by atoms with E-state index < -0.39 is 0 Å². The Hall–Kier alpha value is -0.120. The van der Waals surface area contributed by atoms with Crippen molar-refractivity contribution in [2.24, 2.45) is 11.7 Å². The topological polar surface area (TPSA) is 49.5 Å². The average Bonchev–Trinajstić information content (AvgIpc) is 2.84. The van der Waals surface area contributed by atoms with Gasteiger partial charge in [0.2, 0.25) is 0 Å². The molecule has 3 N–H and O–H groups in total. The number of aliphatic hydroxyl groups is 1. The second kappa shape index (κ2) is 4.80. The molecule has 0 heterocycles. The summed E-state index contributed by atoms with van der Waals surface area (Å²) in [7, 11) is 2.13. The first-order chi connectivity index (χ1) is 5.72. The molecule has 0 saturated heterocycles. The highest BCUT2D eigenvalue weighted by Gasteiger charge is 2.22. The number of hydrogen-bond donors (Lipinski definition) is 2. The largest absolute Gasteiger partial charge is 0.395 e. The molecule has 0 aromatic rings. The minimum absolute atomic E-state index is 0.0355. The molecule has 0 bridgehead atoms. The van der Waals surface area contributed by atoms with Crippen LogP contribution < -0.4 is 5.73 Å². The Kier molecular flexibility index (Phi) is 3.98. The minimum atomic E-state index is -0.0355. The number of hydrogen-bond acceptors (Lipinski definition) is 3. The van der Waals surface area contributed by atoms with Crippen LogP contribution in [-0.4, -0.2) is 42.8 Å². The minimum Gasteiger partial charge on any atom is -0.395 e. The lowest BCUT2D eigenvalue weighted by Crippen LogP contribution is -2.31. The molecule has 1 atom stereocenters. The van der Waals surface area contributed by atoms with E-state index in [4.69, 9.17) is 10.8 Å². The van der Waals surface area contributed by atoms with Crippen molar-refractivity contribution >= 4 is 0 Å². The number of rotatable bonds is 6. The van der Waals surface area contributed by atoms with E-state index in [-0.39, 0.29) is 12.6 Å². The van der Waals surface area contributed by atoms with Crippen molar-refractivity contribution in [2.75, 3.05) is 26.7 Å². The molecule has 1 saturated carbocycles. The lowest BCUT2D eigenvalue weighted by atomic mass is 10.2. The molecule has 72 valence electrons. The van der Waals surface area contributed by atoms with Crippen LogP contribution in [0.25, 0.3) is 0 Å². The van der Waals surface area contributed by atoms with E-state index in [1.807, 2.05) is 0 Å². The first-order valence-electron chi connectivity index (χ1n) is 4.77. The highest BCUT2D eigenvalue weighted by Crippen LogP contribution is 2.29. The summed E-state index contributed by atoms with van der Waals surface area (Å²) in [6.45, 7) is 2.33. The Labute approximate surface area is 74.5 Å². The molecule has 3 heteroatoms. The number of nitrogens with two attached hydrogens (primary N) is 1. The molecule has 0 aromatic carbocycles. The Morgan fingerprint density at radius 1 is 1.58 bits per heavy atom. The molecular formula is C9H20N2O. The van der Waals surface area contributed by atoms with Gasteiger partial charge in [-0.1, -0.05) is 0 Å². The summed E-state index contributed by atoms with van der Waals surface area (Å²) in [4.78, 5) is 2.31. The van der Waals surface area contributed by atoms with Gasteiger partial charge in [0.1, 0.15) is 0 Å². The molecular weight excluding hydrogens is 152 g/mol. The molecule has 1 fully saturated rings. The van der Waals surface area contributed by atoms with Gasteiger partial charge in [0.15, 0.2) is 0 Å². The SMILES string of the molecule is CN(CCC(N)CO)CC1CC1. The van der Waals surface area contributed by atoms with E-state index in [9.17, 15) is 0 Å². The van der Waals surface area contributed by atoms with Gasteiger partial charge in [-0.15, -0.1) is 0 Å². The van der Waals surface area contributed by atoms with E-state index >= 15 is 0 Å². The molecule has 1 rings (SSSR count). The first kappa shape index (κ1) is 9.96. The third-order valence-electron chi connectivity index (χ3n) is 2.38. The standard InChI is InChI=1S/C9H20N2O/c1-11(6-8-2-3-8)5-4-9(10)7-12/h8-9,12H,2-7,10H2,1H3. The van der Waals surface area contributed by atoms with Gasteiger partial charge in [0.25, 0.3) is 0 Å². The smallest absolute Gasteiger partial charge is 0.0583 e. The second-order valence-corrected chi connectivity index (χ2v) is 3.94. The Morgan fingerprint density at radius 3 is 2.75 bits per heavy atom. The molecule has 12 heavy (non-hydrogen) atoms. The van der Waals surface area contributed by atoms with E-state index in [2.05, 4.69) is 11.9 Å². The first-order valence-corrected chi connectivity index (χ1v) is 4.77. The summed E-state index contributed by atoms with van der Waals surface area (Å²) in [5, 5.41) is 8.70. The predicted molar refractivity (Wildman–Crippen MR) is 49.9 cm³/mol. The predicted octanol–water partition coefficient (Wildman–Crippen LogP) is 0.0379. The van der Waals surface area contributed by atoms with Gasteiger partial charge in [0.05, 0.1) is 6.61 Å². The van der Waals surface area contributed by atoms with E-state index in [0.717, 1.165) is 18.9 Å². The quantitative estimate of drug-likeness (QED) is 0.594. The number of nitrogens with zero attached hydrogens (tertiary/aromatic N) is 1. The summed E-state index contributed by atoms with van der Waals surface area (Å²) in [6.07, 6.45) is 3.70. The van der Waals surface area contributed by atoms with Crippen LogP contribution in [0, 0.1) is 5.92 Å². The average molecular weight is 172 g/mol. The third-order valence-corrected chi connectivity index (χ3v) is 2.38. The number of aliphatic hydroxyl groups excluding tert-OH is 1. The fourth-order valence-corrected chi connectivity index (χ4v) is 1.31. The maximum Gasteiger partial charge on any atom is 0.0583 e. The fraction of sp³-hybridized carbons (Fsp3) is 1.00. The van der Waals surface area contributed by atoms with Crippen molar-refractivity contribution in [3.05, 3.63) is 0 Å². The van der Waals surface area contributed by atoms with Crippen LogP contribution in [0.3, 0.4) is 0 Å².